The minimum atomic E-state index is -4.36. The van der Waals surface area contributed by atoms with Gasteiger partial charge >= 0.3 is 6.18 Å². The third kappa shape index (κ3) is 2.92. The van der Waals surface area contributed by atoms with E-state index in [4.69, 9.17) is 21.2 Å². The summed E-state index contributed by atoms with van der Waals surface area (Å²) in [6.45, 7) is 1.75. The van der Waals surface area contributed by atoms with Gasteiger partial charge in [-0.15, -0.1) is 5.06 Å². The second-order valence-corrected chi connectivity index (χ2v) is 4.76. The molecule has 7 heteroatoms. The second-order valence-electron chi connectivity index (χ2n) is 4.33. The zero-order chi connectivity index (χ0) is 14.9. The lowest BCUT2D eigenvalue weighted by atomic mass is 10.0. The fraction of sp³-hybridized carbons (Fsp3) is 0.385. The number of hydrogen-bond donors (Lipinski definition) is 0. The summed E-state index contributed by atoms with van der Waals surface area (Å²) in [7, 11) is 1.50. The molecule has 0 N–H and O–H groups in total. The molecule has 0 bridgehead atoms. The van der Waals surface area contributed by atoms with Crippen molar-refractivity contribution in [2.75, 3.05) is 7.11 Å². The Labute approximate surface area is 119 Å². The maximum Gasteiger partial charge on any atom is 0.416 e. The summed E-state index contributed by atoms with van der Waals surface area (Å²) in [4.78, 5) is 5.27. The molecular formula is C13H13ClF3NO2. The number of alkyl halides is 3. The van der Waals surface area contributed by atoms with Crippen LogP contribution in [0, 0.1) is 0 Å². The molecule has 0 spiro atoms. The molecule has 2 rings (SSSR count). The van der Waals surface area contributed by atoms with Crippen LogP contribution < -0.4 is 0 Å². The first-order valence-electron chi connectivity index (χ1n) is 5.85. The zero-order valence-corrected chi connectivity index (χ0v) is 11.6. The highest BCUT2D eigenvalue weighted by atomic mass is 35.5. The average molecular weight is 308 g/mol. The Bertz CT molecular complexity index is 501. The molecule has 0 saturated heterocycles. The fourth-order valence-corrected chi connectivity index (χ4v) is 2.18. The lowest BCUT2D eigenvalue weighted by Crippen LogP contribution is -2.33. The van der Waals surface area contributed by atoms with Crippen LogP contribution >= 0.6 is 11.6 Å². The Morgan fingerprint density at radius 1 is 1.30 bits per heavy atom. The van der Waals surface area contributed by atoms with E-state index in [0.29, 0.717) is 10.6 Å². The van der Waals surface area contributed by atoms with Gasteiger partial charge in [0.15, 0.2) is 0 Å². The maximum absolute atomic E-state index is 12.5. The zero-order valence-electron chi connectivity index (χ0n) is 10.8. The van der Waals surface area contributed by atoms with Crippen LogP contribution in [-0.4, -0.2) is 18.4 Å². The van der Waals surface area contributed by atoms with Crippen LogP contribution in [0.1, 0.15) is 24.1 Å². The largest absolute Gasteiger partial charge is 0.416 e. The first kappa shape index (κ1) is 15.2. The summed E-state index contributed by atoms with van der Waals surface area (Å²) in [6.07, 6.45) is -3.40. The molecule has 0 amide bonds. The predicted octanol–water partition coefficient (Wildman–Crippen LogP) is 4.07. The predicted molar refractivity (Wildman–Crippen MR) is 67.5 cm³/mol. The smallest absolute Gasteiger partial charge is 0.409 e. The second kappa shape index (κ2) is 5.63. The van der Waals surface area contributed by atoms with Crippen LogP contribution in [0.3, 0.4) is 0 Å². The van der Waals surface area contributed by atoms with Gasteiger partial charge in [0.1, 0.15) is 18.5 Å². The Balaban J connectivity index is 2.27. The molecule has 1 aliphatic rings. The topological polar surface area (TPSA) is 21.7 Å². The van der Waals surface area contributed by atoms with E-state index >= 15 is 0 Å². The minimum Gasteiger partial charge on any atom is -0.409 e. The van der Waals surface area contributed by atoms with E-state index in [1.165, 1.54) is 30.6 Å². The summed E-state index contributed by atoms with van der Waals surface area (Å²) in [5.74, 6) is 0. The van der Waals surface area contributed by atoms with E-state index in [2.05, 4.69) is 0 Å². The number of ether oxygens (including phenoxy) is 1. The van der Waals surface area contributed by atoms with Gasteiger partial charge in [-0.3, -0.25) is 0 Å². The van der Waals surface area contributed by atoms with Crippen molar-refractivity contribution >= 4 is 11.6 Å². The number of halogens is 4. The molecule has 110 valence electrons. The number of rotatable bonds is 3. The Hall–Kier alpha value is -1.24. The molecule has 0 aromatic heterocycles. The molecule has 0 fully saturated rings. The van der Waals surface area contributed by atoms with Crippen molar-refractivity contribution in [3.63, 3.8) is 0 Å². The normalized spacial score (nSPS) is 21.5. The monoisotopic (exact) mass is 307 g/mol. The van der Waals surface area contributed by atoms with Crippen LogP contribution in [0.4, 0.5) is 13.2 Å². The summed E-state index contributed by atoms with van der Waals surface area (Å²) in [6, 6.07) is 4.33. The minimum absolute atomic E-state index is 0.383. The van der Waals surface area contributed by atoms with Crippen molar-refractivity contribution in [1.82, 2.24) is 5.06 Å². The van der Waals surface area contributed by atoms with Gasteiger partial charge in [-0.2, -0.15) is 13.2 Å². The number of nitrogens with zero attached hydrogens (tertiary/aromatic N) is 1. The third-order valence-corrected chi connectivity index (χ3v) is 3.35. The number of methoxy groups -OCH3 is 1. The average Bonchev–Trinajstić information content (AvgIpc) is 2.79. The van der Waals surface area contributed by atoms with E-state index < -0.39 is 24.0 Å². The highest BCUT2D eigenvalue weighted by Gasteiger charge is 2.35. The summed E-state index contributed by atoms with van der Waals surface area (Å²) in [5.41, 5.74) is -0.104. The Kier molecular flexibility index (Phi) is 4.27. The molecule has 2 unspecified atom stereocenters. The molecule has 0 radical (unpaired) electrons. The molecule has 1 heterocycles. The molecule has 1 aromatic carbocycles. The van der Waals surface area contributed by atoms with Crippen molar-refractivity contribution in [3.8, 4) is 0 Å². The molecule has 20 heavy (non-hydrogen) atoms. The molecule has 2 atom stereocenters. The molecule has 1 aromatic rings. The number of hydrogen-bond acceptors (Lipinski definition) is 3. The lowest BCUT2D eigenvalue weighted by Gasteiger charge is -2.28. The van der Waals surface area contributed by atoms with Crippen LogP contribution in [0.2, 0.25) is 0 Å². The summed E-state index contributed by atoms with van der Waals surface area (Å²) < 4.78 is 42.8. The van der Waals surface area contributed by atoms with Crippen molar-refractivity contribution in [2.45, 2.75) is 25.4 Å². The third-order valence-electron chi connectivity index (χ3n) is 3.06. The van der Waals surface area contributed by atoms with Crippen molar-refractivity contribution in [1.29, 1.82) is 0 Å². The van der Waals surface area contributed by atoms with Crippen LogP contribution in [0.25, 0.3) is 0 Å². The van der Waals surface area contributed by atoms with E-state index in [1.54, 1.807) is 6.92 Å². The Morgan fingerprint density at radius 2 is 1.90 bits per heavy atom. The van der Waals surface area contributed by atoms with Gasteiger partial charge in [-0.05, 0) is 24.6 Å². The molecule has 1 aliphatic heterocycles. The summed E-state index contributed by atoms with van der Waals surface area (Å²) >= 11 is 6.05. The summed E-state index contributed by atoms with van der Waals surface area (Å²) in [5, 5.41) is 1.86. The van der Waals surface area contributed by atoms with Gasteiger partial charge in [-0.1, -0.05) is 23.7 Å². The molecular weight excluding hydrogens is 295 g/mol. The van der Waals surface area contributed by atoms with E-state index in [-0.39, 0.29) is 0 Å². The van der Waals surface area contributed by atoms with Crippen molar-refractivity contribution < 1.29 is 22.7 Å². The lowest BCUT2D eigenvalue weighted by molar-refractivity contribution is -0.208. The first-order chi connectivity index (χ1) is 9.34. The highest BCUT2D eigenvalue weighted by Crippen LogP contribution is 2.39. The van der Waals surface area contributed by atoms with Gasteiger partial charge in [-0.25, -0.2) is 0 Å². The van der Waals surface area contributed by atoms with E-state index in [9.17, 15) is 13.2 Å². The van der Waals surface area contributed by atoms with E-state index in [0.717, 1.165) is 12.1 Å². The van der Waals surface area contributed by atoms with Crippen LogP contribution in [-0.2, 0) is 15.8 Å². The van der Waals surface area contributed by atoms with Crippen LogP contribution in [0.15, 0.2) is 35.6 Å². The number of benzene rings is 1. The Morgan fingerprint density at radius 3 is 2.40 bits per heavy atom. The quantitative estimate of drug-likeness (QED) is 0.840. The SMILES string of the molecule is COC(C)N1OC=C(Cl)C1c1ccc(C(F)(F)F)cc1. The van der Waals surface area contributed by atoms with Gasteiger partial charge in [0.25, 0.3) is 0 Å². The van der Waals surface area contributed by atoms with Crippen molar-refractivity contribution in [2.24, 2.45) is 0 Å². The van der Waals surface area contributed by atoms with Gasteiger partial charge < -0.3 is 9.57 Å². The highest BCUT2D eigenvalue weighted by molar-refractivity contribution is 6.30. The van der Waals surface area contributed by atoms with Gasteiger partial charge in [0.2, 0.25) is 0 Å². The first-order valence-corrected chi connectivity index (χ1v) is 6.23. The number of hydroxylamine groups is 2. The fourth-order valence-electron chi connectivity index (χ4n) is 1.92. The molecule has 0 saturated carbocycles. The van der Waals surface area contributed by atoms with E-state index in [1.807, 2.05) is 0 Å². The van der Waals surface area contributed by atoms with Crippen LogP contribution in [0.5, 0.6) is 0 Å². The van der Waals surface area contributed by atoms with Crippen molar-refractivity contribution in [3.05, 3.63) is 46.7 Å². The van der Waals surface area contributed by atoms with Gasteiger partial charge in [0, 0.05) is 7.11 Å². The van der Waals surface area contributed by atoms with Gasteiger partial charge in [0.05, 0.1) is 10.6 Å². The standard InChI is InChI=1S/C13H13ClF3NO2/c1-8(19-2)18-12(11(14)7-20-18)9-3-5-10(6-4-9)13(15,16)17/h3-8,12H,1-2H3. The maximum atomic E-state index is 12.5. The molecule has 3 nitrogen and oxygen atoms in total. The molecule has 0 aliphatic carbocycles.